The minimum atomic E-state index is -0.584. The van der Waals surface area contributed by atoms with E-state index in [4.69, 9.17) is 0 Å². The molecule has 136 valence electrons. The molecule has 0 saturated heterocycles. The first-order chi connectivity index (χ1) is 12.4. The van der Waals surface area contributed by atoms with Crippen molar-refractivity contribution in [3.05, 3.63) is 51.9 Å². The van der Waals surface area contributed by atoms with Crippen molar-refractivity contribution in [2.75, 3.05) is 5.32 Å². The largest absolute Gasteiger partial charge is 0.507 e. The molecular weight excluding hydrogens is 405 g/mol. The Balaban J connectivity index is 1.67. The van der Waals surface area contributed by atoms with Crippen LogP contribution in [-0.2, 0) is 0 Å². The number of halogens is 2. The van der Waals surface area contributed by atoms with Crippen LogP contribution >= 0.6 is 15.9 Å². The third-order valence-electron chi connectivity index (χ3n) is 4.23. The third kappa shape index (κ3) is 3.85. The first-order valence-corrected chi connectivity index (χ1v) is 8.93. The number of aromatic nitrogens is 1. The number of pyridine rings is 1. The zero-order valence-electron chi connectivity index (χ0n) is 13.9. The Morgan fingerprint density at radius 1 is 1.35 bits per heavy atom. The minimum absolute atomic E-state index is 0.0800. The van der Waals surface area contributed by atoms with E-state index >= 15 is 0 Å². The lowest BCUT2D eigenvalue weighted by Crippen LogP contribution is -2.31. The molecule has 2 atom stereocenters. The summed E-state index contributed by atoms with van der Waals surface area (Å²) < 4.78 is 15.0. The molecule has 0 bridgehead atoms. The first-order valence-electron chi connectivity index (χ1n) is 8.14. The molecule has 1 heterocycles. The topological polar surface area (TPSA) is 91.3 Å². The number of carbonyl (C=O) groups is 2. The van der Waals surface area contributed by atoms with Crippen molar-refractivity contribution >= 4 is 33.6 Å². The van der Waals surface area contributed by atoms with Crippen LogP contribution in [-0.4, -0.2) is 27.9 Å². The number of nitrogens with one attached hydrogen (secondary N) is 2. The number of ketones is 1. The van der Waals surface area contributed by atoms with Crippen molar-refractivity contribution in [3.8, 4) is 5.75 Å². The van der Waals surface area contributed by atoms with Crippen LogP contribution in [0.2, 0.25) is 0 Å². The van der Waals surface area contributed by atoms with Gasteiger partial charge in [0, 0.05) is 34.6 Å². The van der Waals surface area contributed by atoms with Crippen molar-refractivity contribution in [2.45, 2.75) is 31.7 Å². The second-order valence-corrected chi connectivity index (χ2v) is 6.96. The highest BCUT2D eigenvalue weighted by Crippen LogP contribution is 2.46. The monoisotopic (exact) mass is 421 g/mol. The molecule has 3 rings (SSSR count). The van der Waals surface area contributed by atoms with Gasteiger partial charge in [-0.25, -0.2) is 14.2 Å². The van der Waals surface area contributed by atoms with Gasteiger partial charge in [0.15, 0.2) is 5.78 Å². The average molecular weight is 422 g/mol. The summed E-state index contributed by atoms with van der Waals surface area (Å²) in [4.78, 5) is 27.9. The molecule has 3 N–H and O–H groups in total. The smallest absolute Gasteiger partial charge is 0.320 e. The second kappa shape index (κ2) is 7.41. The first kappa shape index (κ1) is 18.3. The molecular formula is C18H17BrFN3O3. The van der Waals surface area contributed by atoms with Gasteiger partial charge >= 0.3 is 6.03 Å². The maximum absolute atomic E-state index is 14.2. The summed E-state index contributed by atoms with van der Waals surface area (Å²) in [7, 11) is 0. The predicted molar refractivity (Wildman–Crippen MR) is 97.9 cm³/mol. The summed E-state index contributed by atoms with van der Waals surface area (Å²) in [6.45, 7) is 1.67. The van der Waals surface area contributed by atoms with Gasteiger partial charge in [0.1, 0.15) is 17.4 Å². The van der Waals surface area contributed by atoms with E-state index in [-0.39, 0.29) is 41.0 Å². The molecule has 0 spiro atoms. The fourth-order valence-corrected chi connectivity index (χ4v) is 3.03. The summed E-state index contributed by atoms with van der Waals surface area (Å²) in [5.74, 6) is -1.16. The number of anilines is 1. The Kier molecular flexibility index (Phi) is 5.22. The summed E-state index contributed by atoms with van der Waals surface area (Å²) in [5.41, 5.74) is 0.189. The summed E-state index contributed by atoms with van der Waals surface area (Å²) in [6.07, 6.45) is 2.25. The van der Waals surface area contributed by atoms with Gasteiger partial charge in [0.05, 0.1) is 5.56 Å². The van der Waals surface area contributed by atoms with Crippen molar-refractivity contribution < 1.29 is 19.1 Å². The number of amides is 2. The van der Waals surface area contributed by atoms with Crippen molar-refractivity contribution in [1.29, 1.82) is 0 Å². The van der Waals surface area contributed by atoms with Gasteiger partial charge in [0.2, 0.25) is 0 Å². The number of hydrogen-bond acceptors (Lipinski definition) is 4. The van der Waals surface area contributed by atoms with E-state index in [1.165, 1.54) is 12.1 Å². The zero-order chi connectivity index (χ0) is 18.8. The van der Waals surface area contributed by atoms with E-state index in [1.54, 1.807) is 25.3 Å². The lowest BCUT2D eigenvalue weighted by Gasteiger charge is -2.11. The predicted octanol–water partition coefficient (Wildman–Crippen LogP) is 3.96. The average Bonchev–Trinajstić information content (AvgIpc) is 3.35. The van der Waals surface area contributed by atoms with Crippen LogP contribution in [0.5, 0.6) is 5.75 Å². The maximum Gasteiger partial charge on any atom is 0.320 e. The van der Waals surface area contributed by atoms with Gasteiger partial charge in [-0.3, -0.25) is 10.1 Å². The molecule has 26 heavy (non-hydrogen) atoms. The van der Waals surface area contributed by atoms with Crippen LogP contribution in [0.4, 0.5) is 15.0 Å². The van der Waals surface area contributed by atoms with Gasteiger partial charge < -0.3 is 10.4 Å². The Morgan fingerprint density at radius 3 is 2.77 bits per heavy atom. The van der Waals surface area contributed by atoms with Crippen LogP contribution in [0, 0.1) is 5.82 Å². The van der Waals surface area contributed by atoms with E-state index < -0.39 is 11.8 Å². The molecule has 1 fully saturated rings. The van der Waals surface area contributed by atoms with Gasteiger partial charge in [-0.15, -0.1) is 0 Å². The molecule has 2 amide bonds. The molecule has 1 unspecified atom stereocenters. The van der Waals surface area contributed by atoms with Crippen molar-refractivity contribution in [2.24, 2.45) is 0 Å². The van der Waals surface area contributed by atoms with Crippen LogP contribution in [0.25, 0.3) is 0 Å². The van der Waals surface area contributed by atoms with E-state index in [0.717, 1.165) is 4.47 Å². The van der Waals surface area contributed by atoms with E-state index in [1.807, 2.05) is 0 Å². The Morgan fingerprint density at radius 2 is 2.12 bits per heavy atom. The van der Waals surface area contributed by atoms with Gasteiger partial charge in [-0.2, -0.15) is 0 Å². The Labute approximate surface area is 158 Å². The molecule has 6 nitrogen and oxygen atoms in total. The lowest BCUT2D eigenvalue weighted by atomic mass is 10.00. The summed E-state index contributed by atoms with van der Waals surface area (Å²) >= 11 is 3.26. The second-order valence-electron chi connectivity index (χ2n) is 6.04. The molecule has 2 aromatic rings. The molecule has 1 saturated carbocycles. The Hall–Kier alpha value is -2.48. The van der Waals surface area contributed by atoms with Gasteiger partial charge in [0.25, 0.3) is 0 Å². The number of phenolic OH excluding ortho intramolecular Hbond substituents is 1. The number of urea groups is 1. The third-order valence-corrected chi connectivity index (χ3v) is 4.70. The van der Waals surface area contributed by atoms with Crippen LogP contribution in [0.3, 0.4) is 0 Å². The molecule has 1 aliphatic carbocycles. The highest BCUT2D eigenvalue weighted by atomic mass is 79.9. The van der Waals surface area contributed by atoms with E-state index in [0.29, 0.717) is 12.2 Å². The van der Waals surface area contributed by atoms with Crippen molar-refractivity contribution in [1.82, 2.24) is 10.3 Å². The maximum atomic E-state index is 14.2. The quantitative estimate of drug-likeness (QED) is 0.637. The molecule has 0 radical (unpaired) electrons. The number of Topliss-reactive ketones (excluding diaryl/α,β-unsaturated/α-hetero) is 1. The normalized spacial score (nSPS) is 18.3. The SMILES string of the molecule is CCC(=O)c1ccc(F)c([C@@H]2CC2NC(=O)Nc2ccc(Br)cn2)c1O. The number of rotatable bonds is 5. The number of nitrogens with zero attached hydrogens (tertiary/aromatic N) is 1. The highest BCUT2D eigenvalue weighted by Gasteiger charge is 2.43. The molecule has 0 aliphatic heterocycles. The zero-order valence-corrected chi connectivity index (χ0v) is 15.5. The number of aromatic hydroxyl groups is 1. The highest BCUT2D eigenvalue weighted by molar-refractivity contribution is 9.10. The van der Waals surface area contributed by atoms with Crippen LogP contribution in [0.1, 0.15) is 41.6 Å². The van der Waals surface area contributed by atoms with Crippen molar-refractivity contribution in [3.63, 3.8) is 0 Å². The standard InChI is InChI=1S/C18H17BrFN3O3/c1-2-14(24)10-4-5-12(20)16(17(10)25)11-7-13(11)22-18(26)23-15-6-3-9(19)8-21-15/h3-6,8,11,13,25H,2,7H2,1H3,(H2,21,22,23,26)/t11-,13?/m1/s1. The number of benzene rings is 1. The minimum Gasteiger partial charge on any atom is -0.507 e. The molecule has 1 aromatic heterocycles. The summed E-state index contributed by atoms with van der Waals surface area (Å²) in [6, 6.07) is 5.06. The molecule has 1 aliphatic rings. The number of phenols is 1. The summed E-state index contributed by atoms with van der Waals surface area (Å²) in [5, 5.41) is 15.6. The van der Waals surface area contributed by atoms with Crippen LogP contribution in [0.15, 0.2) is 34.9 Å². The van der Waals surface area contributed by atoms with Gasteiger partial charge in [-0.05, 0) is 46.6 Å². The van der Waals surface area contributed by atoms with Gasteiger partial charge in [-0.1, -0.05) is 6.92 Å². The fraction of sp³-hybridized carbons (Fsp3) is 0.278. The van der Waals surface area contributed by atoms with Crippen LogP contribution < -0.4 is 10.6 Å². The number of hydrogen-bond donors (Lipinski definition) is 3. The fourth-order valence-electron chi connectivity index (χ4n) is 2.80. The lowest BCUT2D eigenvalue weighted by molar-refractivity contribution is 0.0985. The van der Waals surface area contributed by atoms with E-state index in [2.05, 4.69) is 31.5 Å². The molecule has 8 heteroatoms. The number of carbonyl (C=O) groups excluding carboxylic acids is 2. The van der Waals surface area contributed by atoms with E-state index in [9.17, 15) is 19.1 Å². The molecule has 1 aromatic carbocycles. The Bertz CT molecular complexity index is 858.